The van der Waals surface area contributed by atoms with E-state index in [0.29, 0.717) is 17.2 Å². The van der Waals surface area contributed by atoms with E-state index >= 15 is 0 Å². The predicted molar refractivity (Wildman–Crippen MR) is 70.1 cm³/mol. The lowest BCUT2D eigenvalue weighted by Gasteiger charge is -2.09. The number of rotatable bonds is 3. The molecule has 1 aromatic heterocycles. The number of aliphatic hydroxyl groups is 1. The maximum atomic E-state index is 9.20. The van der Waals surface area contributed by atoms with Crippen LogP contribution in [0.25, 0.3) is 0 Å². The standard InChI is InChI=1S/C12H12BrN3O/c1-8-14-6-9(7-17)12(15-8)16-11-4-2-10(13)3-5-11/h2-6,17H,7H2,1H3,(H,14,15,16). The summed E-state index contributed by atoms with van der Waals surface area (Å²) in [4.78, 5) is 8.32. The average molecular weight is 294 g/mol. The molecule has 0 saturated carbocycles. The second-order valence-corrected chi connectivity index (χ2v) is 4.50. The third-order valence-electron chi connectivity index (χ3n) is 2.26. The molecule has 2 aromatic rings. The quantitative estimate of drug-likeness (QED) is 0.914. The van der Waals surface area contributed by atoms with Gasteiger partial charge in [0.05, 0.1) is 6.61 Å². The van der Waals surface area contributed by atoms with E-state index in [-0.39, 0.29) is 6.61 Å². The van der Waals surface area contributed by atoms with Crippen LogP contribution in [0.3, 0.4) is 0 Å². The van der Waals surface area contributed by atoms with E-state index in [9.17, 15) is 5.11 Å². The van der Waals surface area contributed by atoms with Gasteiger partial charge in [-0.2, -0.15) is 0 Å². The molecule has 0 saturated heterocycles. The van der Waals surface area contributed by atoms with Gasteiger partial charge in [-0.15, -0.1) is 0 Å². The molecule has 17 heavy (non-hydrogen) atoms. The minimum Gasteiger partial charge on any atom is -0.391 e. The molecule has 0 fully saturated rings. The number of aryl methyl sites for hydroxylation is 1. The zero-order valence-corrected chi connectivity index (χ0v) is 10.9. The molecular weight excluding hydrogens is 282 g/mol. The fourth-order valence-electron chi connectivity index (χ4n) is 1.39. The molecular formula is C12H12BrN3O. The van der Waals surface area contributed by atoms with Gasteiger partial charge in [0.15, 0.2) is 0 Å². The van der Waals surface area contributed by atoms with E-state index in [0.717, 1.165) is 10.2 Å². The van der Waals surface area contributed by atoms with Gasteiger partial charge in [0.25, 0.3) is 0 Å². The van der Waals surface area contributed by atoms with Crippen molar-refractivity contribution in [2.75, 3.05) is 5.32 Å². The molecule has 4 nitrogen and oxygen atoms in total. The molecule has 0 spiro atoms. The van der Waals surface area contributed by atoms with E-state index in [4.69, 9.17) is 0 Å². The Hall–Kier alpha value is -1.46. The minimum atomic E-state index is -0.0842. The lowest BCUT2D eigenvalue weighted by Crippen LogP contribution is -2.02. The molecule has 2 N–H and O–H groups in total. The van der Waals surface area contributed by atoms with E-state index in [2.05, 4.69) is 31.2 Å². The van der Waals surface area contributed by atoms with Crippen molar-refractivity contribution < 1.29 is 5.11 Å². The number of aliphatic hydroxyl groups excluding tert-OH is 1. The monoisotopic (exact) mass is 293 g/mol. The fraction of sp³-hybridized carbons (Fsp3) is 0.167. The third kappa shape index (κ3) is 3.01. The average Bonchev–Trinajstić information content (AvgIpc) is 2.32. The Kier molecular flexibility index (Phi) is 3.71. The Morgan fingerprint density at radius 2 is 2.00 bits per heavy atom. The van der Waals surface area contributed by atoms with Crippen molar-refractivity contribution in [2.24, 2.45) is 0 Å². The van der Waals surface area contributed by atoms with Gasteiger partial charge in [0.2, 0.25) is 0 Å². The normalized spacial score (nSPS) is 10.3. The molecule has 0 aliphatic carbocycles. The van der Waals surface area contributed by atoms with Crippen LogP contribution in [-0.2, 0) is 6.61 Å². The van der Waals surface area contributed by atoms with Crippen molar-refractivity contribution in [3.05, 3.63) is 46.3 Å². The summed E-state index contributed by atoms with van der Waals surface area (Å²) in [5.74, 6) is 1.31. The van der Waals surface area contributed by atoms with Crippen molar-refractivity contribution in [1.82, 2.24) is 9.97 Å². The Bertz CT molecular complexity index is 514. The van der Waals surface area contributed by atoms with Crippen LogP contribution in [0, 0.1) is 6.92 Å². The summed E-state index contributed by atoms with van der Waals surface area (Å²) in [6.07, 6.45) is 1.63. The van der Waals surface area contributed by atoms with Crippen LogP contribution >= 0.6 is 15.9 Å². The summed E-state index contributed by atoms with van der Waals surface area (Å²) < 4.78 is 1.02. The maximum Gasteiger partial charge on any atom is 0.139 e. The van der Waals surface area contributed by atoms with Crippen LogP contribution in [0.1, 0.15) is 11.4 Å². The molecule has 5 heteroatoms. The second-order valence-electron chi connectivity index (χ2n) is 3.58. The van der Waals surface area contributed by atoms with Crippen LogP contribution in [0.4, 0.5) is 11.5 Å². The van der Waals surface area contributed by atoms with Gasteiger partial charge in [0, 0.05) is 21.9 Å². The largest absolute Gasteiger partial charge is 0.391 e. The predicted octanol–water partition coefficient (Wildman–Crippen LogP) is 2.78. The van der Waals surface area contributed by atoms with Crippen LogP contribution in [-0.4, -0.2) is 15.1 Å². The van der Waals surface area contributed by atoms with Gasteiger partial charge in [-0.1, -0.05) is 15.9 Å². The molecule has 0 aliphatic rings. The first-order chi connectivity index (χ1) is 8.19. The number of halogens is 1. The fourth-order valence-corrected chi connectivity index (χ4v) is 1.65. The van der Waals surface area contributed by atoms with Crippen molar-refractivity contribution in [2.45, 2.75) is 13.5 Å². The zero-order chi connectivity index (χ0) is 12.3. The summed E-state index contributed by atoms with van der Waals surface area (Å²) in [6, 6.07) is 7.75. The first-order valence-corrected chi connectivity index (χ1v) is 5.94. The first-order valence-electron chi connectivity index (χ1n) is 5.15. The van der Waals surface area contributed by atoms with E-state index in [1.54, 1.807) is 6.20 Å². The van der Waals surface area contributed by atoms with Crippen LogP contribution in [0.5, 0.6) is 0 Å². The second kappa shape index (κ2) is 5.25. The lowest BCUT2D eigenvalue weighted by molar-refractivity contribution is 0.281. The van der Waals surface area contributed by atoms with Crippen molar-refractivity contribution >= 4 is 27.4 Å². The van der Waals surface area contributed by atoms with Crippen molar-refractivity contribution in [3.63, 3.8) is 0 Å². The van der Waals surface area contributed by atoms with Crippen molar-refractivity contribution in [3.8, 4) is 0 Å². The third-order valence-corrected chi connectivity index (χ3v) is 2.79. The highest BCUT2D eigenvalue weighted by atomic mass is 79.9. The molecule has 1 heterocycles. The molecule has 1 aromatic carbocycles. The highest BCUT2D eigenvalue weighted by Crippen LogP contribution is 2.20. The van der Waals surface area contributed by atoms with Gasteiger partial charge in [-0.25, -0.2) is 9.97 Å². The van der Waals surface area contributed by atoms with Gasteiger partial charge in [-0.05, 0) is 31.2 Å². The minimum absolute atomic E-state index is 0.0842. The van der Waals surface area contributed by atoms with Gasteiger partial charge in [-0.3, -0.25) is 0 Å². The number of nitrogens with zero attached hydrogens (tertiary/aromatic N) is 2. The molecule has 0 unspecified atom stereocenters. The van der Waals surface area contributed by atoms with Crippen LogP contribution in [0.15, 0.2) is 34.9 Å². The van der Waals surface area contributed by atoms with E-state index in [1.807, 2.05) is 31.2 Å². The van der Waals surface area contributed by atoms with E-state index in [1.165, 1.54) is 0 Å². The summed E-state index contributed by atoms with van der Waals surface area (Å²) in [7, 11) is 0. The van der Waals surface area contributed by atoms with Gasteiger partial charge >= 0.3 is 0 Å². The highest BCUT2D eigenvalue weighted by Gasteiger charge is 2.04. The number of aromatic nitrogens is 2. The number of nitrogens with one attached hydrogen (secondary N) is 1. The van der Waals surface area contributed by atoms with E-state index < -0.39 is 0 Å². The summed E-state index contributed by atoms with van der Waals surface area (Å²) in [5, 5.41) is 12.4. The number of hydrogen-bond donors (Lipinski definition) is 2. The Labute approximate surface area is 108 Å². The molecule has 88 valence electrons. The van der Waals surface area contributed by atoms with Crippen molar-refractivity contribution in [1.29, 1.82) is 0 Å². The molecule has 2 rings (SSSR count). The number of benzene rings is 1. The molecule has 0 bridgehead atoms. The molecule has 0 amide bonds. The molecule has 0 atom stereocenters. The summed E-state index contributed by atoms with van der Waals surface area (Å²) in [6.45, 7) is 1.73. The smallest absolute Gasteiger partial charge is 0.139 e. The lowest BCUT2D eigenvalue weighted by atomic mass is 10.3. The molecule has 0 radical (unpaired) electrons. The van der Waals surface area contributed by atoms with Gasteiger partial charge < -0.3 is 10.4 Å². The van der Waals surface area contributed by atoms with Crippen LogP contribution in [0.2, 0.25) is 0 Å². The Morgan fingerprint density at radius 3 is 2.65 bits per heavy atom. The first kappa shape index (κ1) is 12.0. The zero-order valence-electron chi connectivity index (χ0n) is 9.31. The Morgan fingerprint density at radius 1 is 1.29 bits per heavy atom. The number of anilines is 2. The molecule has 0 aliphatic heterocycles. The SMILES string of the molecule is Cc1ncc(CO)c(Nc2ccc(Br)cc2)n1. The van der Waals surface area contributed by atoms with Crippen LogP contribution < -0.4 is 5.32 Å². The Balaban J connectivity index is 2.28. The maximum absolute atomic E-state index is 9.20. The van der Waals surface area contributed by atoms with Gasteiger partial charge in [0.1, 0.15) is 11.6 Å². The summed E-state index contributed by atoms with van der Waals surface area (Å²) in [5.41, 5.74) is 1.60. The number of hydrogen-bond acceptors (Lipinski definition) is 4. The highest BCUT2D eigenvalue weighted by molar-refractivity contribution is 9.10. The summed E-state index contributed by atoms with van der Waals surface area (Å²) >= 11 is 3.38. The topological polar surface area (TPSA) is 58.0 Å².